The zero-order valence-corrected chi connectivity index (χ0v) is 12.5. The molecule has 1 unspecified atom stereocenters. The summed E-state index contributed by atoms with van der Waals surface area (Å²) in [5.74, 6) is 0.686. The summed E-state index contributed by atoms with van der Waals surface area (Å²) < 4.78 is 13.1. The molecule has 0 saturated carbocycles. The van der Waals surface area contributed by atoms with Gasteiger partial charge in [-0.1, -0.05) is 22.0 Å². The summed E-state index contributed by atoms with van der Waals surface area (Å²) in [5, 5.41) is 1.10. The molecule has 100 valence electrons. The summed E-state index contributed by atoms with van der Waals surface area (Å²) in [6.07, 6.45) is 3.90. The molecule has 1 saturated heterocycles. The van der Waals surface area contributed by atoms with Gasteiger partial charge in [-0.05, 0) is 61.9 Å². The van der Waals surface area contributed by atoms with Crippen molar-refractivity contribution >= 4 is 15.9 Å². The first-order valence-electron chi connectivity index (χ1n) is 6.72. The van der Waals surface area contributed by atoms with Gasteiger partial charge in [-0.15, -0.1) is 0 Å². The van der Waals surface area contributed by atoms with Crippen LogP contribution in [0.1, 0.15) is 30.4 Å². The first-order valence-corrected chi connectivity index (χ1v) is 7.84. The molecule has 0 N–H and O–H groups in total. The predicted molar refractivity (Wildman–Crippen MR) is 77.5 cm³/mol. The molecule has 18 heavy (non-hydrogen) atoms. The summed E-state index contributed by atoms with van der Waals surface area (Å²) in [5.41, 5.74) is 2.33. The molecule has 1 nitrogen and oxygen atoms in total. The number of piperidine rings is 1. The maximum Gasteiger partial charge on any atom is 0.123 e. The Balaban J connectivity index is 1.96. The van der Waals surface area contributed by atoms with Crippen LogP contribution in [0.3, 0.4) is 0 Å². The van der Waals surface area contributed by atoms with Crippen LogP contribution in [-0.2, 0) is 6.54 Å². The van der Waals surface area contributed by atoms with Crippen molar-refractivity contribution in [1.82, 2.24) is 4.90 Å². The van der Waals surface area contributed by atoms with Gasteiger partial charge in [-0.25, -0.2) is 4.39 Å². The van der Waals surface area contributed by atoms with Crippen molar-refractivity contribution in [3.63, 3.8) is 0 Å². The minimum Gasteiger partial charge on any atom is -0.299 e. The van der Waals surface area contributed by atoms with E-state index in [0.29, 0.717) is 0 Å². The molecular weight excluding hydrogens is 293 g/mol. The Labute approximate surface area is 118 Å². The Morgan fingerprint density at radius 2 is 2.28 bits per heavy atom. The van der Waals surface area contributed by atoms with Gasteiger partial charge in [0.1, 0.15) is 5.82 Å². The van der Waals surface area contributed by atoms with Crippen molar-refractivity contribution in [2.45, 2.75) is 32.7 Å². The second-order valence-electron chi connectivity index (χ2n) is 5.29. The van der Waals surface area contributed by atoms with E-state index in [1.165, 1.54) is 37.9 Å². The molecule has 0 spiro atoms. The van der Waals surface area contributed by atoms with Gasteiger partial charge in [-0.2, -0.15) is 0 Å². The minimum absolute atomic E-state index is 0.132. The lowest BCUT2D eigenvalue weighted by Crippen LogP contribution is -2.35. The maximum absolute atomic E-state index is 13.1. The molecule has 1 fully saturated rings. The monoisotopic (exact) mass is 313 g/mol. The smallest absolute Gasteiger partial charge is 0.123 e. The lowest BCUT2D eigenvalue weighted by Gasteiger charge is -2.32. The average molecular weight is 314 g/mol. The Morgan fingerprint density at radius 3 is 3.00 bits per heavy atom. The van der Waals surface area contributed by atoms with Crippen molar-refractivity contribution in [2.75, 3.05) is 18.4 Å². The average Bonchev–Trinajstić information content (AvgIpc) is 2.34. The molecule has 0 amide bonds. The molecule has 0 aromatic heterocycles. The number of alkyl halides is 1. The van der Waals surface area contributed by atoms with Crippen LogP contribution in [0, 0.1) is 18.7 Å². The van der Waals surface area contributed by atoms with Gasteiger partial charge < -0.3 is 0 Å². The van der Waals surface area contributed by atoms with E-state index in [1.54, 1.807) is 12.1 Å². The fourth-order valence-electron chi connectivity index (χ4n) is 2.76. The zero-order valence-electron chi connectivity index (χ0n) is 11.0. The SMILES string of the molecule is Cc1cc(F)ccc1CN1CCCC(CCBr)C1. The van der Waals surface area contributed by atoms with Crippen molar-refractivity contribution in [2.24, 2.45) is 5.92 Å². The van der Waals surface area contributed by atoms with Gasteiger partial charge in [0.15, 0.2) is 0 Å². The van der Waals surface area contributed by atoms with Crippen molar-refractivity contribution in [1.29, 1.82) is 0 Å². The van der Waals surface area contributed by atoms with E-state index in [0.717, 1.165) is 23.4 Å². The Kier molecular flexibility index (Phi) is 5.19. The molecule has 0 bridgehead atoms. The Bertz CT molecular complexity index is 392. The maximum atomic E-state index is 13.1. The molecule has 1 atom stereocenters. The van der Waals surface area contributed by atoms with Gasteiger partial charge in [0.2, 0.25) is 0 Å². The molecule has 3 heteroatoms. The fraction of sp³-hybridized carbons (Fsp3) is 0.600. The summed E-state index contributed by atoms with van der Waals surface area (Å²) >= 11 is 3.53. The predicted octanol–water partition coefficient (Wildman–Crippen LogP) is 4.13. The second-order valence-corrected chi connectivity index (χ2v) is 6.08. The highest BCUT2D eigenvalue weighted by Gasteiger charge is 2.19. The molecule has 1 aliphatic heterocycles. The number of hydrogen-bond donors (Lipinski definition) is 0. The normalized spacial score (nSPS) is 21.2. The first-order chi connectivity index (χ1) is 8.69. The van der Waals surface area contributed by atoms with E-state index in [4.69, 9.17) is 0 Å². The molecule has 1 aliphatic rings. The number of likely N-dealkylation sites (tertiary alicyclic amines) is 1. The van der Waals surface area contributed by atoms with Gasteiger partial charge in [0.25, 0.3) is 0 Å². The molecule has 0 aliphatic carbocycles. The van der Waals surface area contributed by atoms with E-state index in [-0.39, 0.29) is 5.82 Å². The van der Waals surface area contributed by atoms with Crippen molar-refractivity contribution in [3.05, 3.63) is 35.1 Å². The highest BCUT2D eigenvalue weighted by molar-refractivity contribution is 9.09. The van der Waals surface area contributed by atoms with E-state index in [1.807, 2.05) is 13.0 Å². The quantitative estimate of drug-likeness (QED) is 0.755. The summed E-state index contributed by atoms with van der Waals surface area (Å²) in [6.45, 7) is 5.32. The third kappa shape index (κ3) is 3.79. The summed E-state index contributed by atoms with van der Waals surface area (Å²) in [6, 6.07) is 5.14. The van der Waals surface area contributed by atoms with Crippen LogP contribution in [0.25, 0.3) is 0 Å². The first kappa shape index (κ1) is 14.0. The summed E-state index contributed by atoms with van der Waals surface area (Å²) in [4.78, 5) is 2.51. The van der Waals surface area contributed by atoms with Gasteiger partial charge in [0, 0.05) is 18.4 Å². The molecule has 1 aromatic rings. The largest absolute Gasteiger partial charge is 0.299 e. The molecule has 1 heterocycles. The van der Waals surface area contributed by atoms with Crippen LogP contribution in [-0.4, -0.2) is 23.3 Å². The number of rotatable bonds is 4. The Morgan fingerprint density at radius 1 is 1.44 bits per heavy atom. The van der Waals surface area contributed by atoms with Crippen molar-refractivity contribution in [3.8, 4) is 0 Å². The van der Waals surface area contributed by atoms with Gasteiger partial charge >= 0.3 is 0 Å². The Hall–Kier alpha value is -0.410. The molecular formula is C15H21BrFN. The topological polar surface area (TPSA) is 3.24 Å². The lowest BCUT2D eigenvalue weighted by molar-refractivity contribution is 0.165. The number of nitrogens with zero attached hydrogens (tertiary/aromatic N) is 1. The molecule has 0 radical (unpaired) electrons. The third-order valence-corrected chi connectivity index (χ3v) is 4.28. The van der Waals surface area contributed by atoms with Crippen LogP contribution in [0.15, 0.2) is 18.2 Å². The molecule has 1 aromatic carbocycles. The number of halogens is 2. The van der Waals surface area contributed by atoms with Crippen LogP contribution in [0.4, 0.5) is 4.39 Å². The second kappa shape index (κ2) is 6.67. The number of benzene rings is 1. The fourth-order valence-corrected chi connectivity index (χ4v) is 3.41. The van der Waals surface area contributed by atoms with E-state index in [9.17, 15) is 4.39 Å². The van der Waals surface area contributed by atoms with E-state index >= 15 is 0 Å². The van der Waals surface area contributed by atoms with Crippen LogP contribution >= 0.6 is 15.9 Å². The number of hydrogen-bond acceptors (Lipinski definition) is 1. The minimum atomic E-state index is -0.132. The van der Waals surface area contributed by atoms with Crippen LogP contribution in [0.5, 0.6) is 0 Å². The van der Waals surface area contributed by atoms with Gasteiger partial charge in [0.05, 0.1) is 0 Å². The van der Waals surface area contributed by atoms with E-state index < -0.39 is 0 Å². The lowest BCUT2D eigenvalue weighted by atomic mass is 9.95. The van der Waals surface area contributed by atoms with Crippen molar-refractivity contribution < 1.29 is 4.39 Å². The zero-order chi connectivity index (χ0) is 13.0. The highest BCUT2D eigenvalue weighted by atomic mass is 79.9. The third-order valence-electron chi connectivity index (χ3n) is 3.82. The van der Waals surface area contributed by atoms with E-state index in [2.05, 4.69) is 20.8 Å². The van der Waals surface area contributed by atoms with Crippen LogP contribution in [0.2, 0.25) is 0 Å². The number of aryl methyl sites for hydroxylation is 1. The standard InChI is InChI=1S/C15H21BrFN/c1-12-9-15(17)5-4-14(12)11-18-8-2-3-13(10-18)6-7-16/h4-5,9,13H,2-3,6-8,10-11H2,1H3. The van der Waals surface area contributed by atoms with Gasteiger partial charge in [-0.3, -0.25) is 4.90 Å². The molecule has 2 rings (SSSR count). The summed E-state index contributed by atoms with van der Waals surface area (Å²) in [7, 11) is 0. The highest BCUT2D eigenvalue weighted by Crippen LogP contribution is 2.22. The van der Waals surface area contributed by atoms with Crippen LogP contribution < -0.4 is 0 Å².